The highest BCUT2D eigenvalue weighted by Crippen LogP contribution is 2.20. The van der Waals surface area contributed by atoms with Crippen molar-refractivity contribution in [2.45, 2.75) is 13.1 Å². The molecule has 1 amide bonds. The lowest BCUT2D eigenvalue weighted by Gasteiger charge is -2.36. The molecular formula is C23H24ClN3O2. The molecule has 0 spiro atoms. The van der Waals surface area contributed by atoms with Gasteiger partial charge in [-0.1, -0.05) is 23.7 Å². The summed E-state index contributed by atoms with van der Waals surface area (Å²) in [5, 5.41) is 3.64. The summed E-state index contributed by atoms with van der Waals surface area (Å²) in [6, 6.07) is 19.5. The first-order valence-corrected chi connectivity index (χ1v) is 10.2. The highest BCUT2D eigenvalue weighted by atomic mass is 35.5. The lowest BCUT2D eigenvalue weighted by atomic mass is 10.1. The SMILES string of the molecule is O=C(NCc1ccco1)c1ccc(CN2CCN(c3ccc(Cl)cc3)CC2)cc1. The Balaban J connectivity index is 1.26. The summed E-state index contributed by atoms with van der Waals surface area (Å²) in [4.78, 5) is 17.1. The van der Waals surface area contributed by atoms with Gasteiger partial charge in [0.05, 0.1) is 12.8 Å². The van der Waals surface area contributed by atoms with E-state index in [0.717, 1.165) is 43.5 Å². The third kappa shape index (κ3) is 5.19. The van der Waals surface area contributed by atoms with Gasteiger partial charge in [-0.15, -0.1) is 0 Å². The third-order valence-corrected chi connectivity index (χ3v) is 5.44. The number of nitrogens with zero attached hydrogens (tertiary/aromatic N) is 2. The number of furan rings is 1. The molecule has 0 bridgehead atoms. The van der Waals surface area contributed by atoms with Gasteiger partial charge >= 0.3 is 0 Å². The molecule has 4 rings (SSSR count). The molecule has 1 aromatic heterocycles. The fourth-order valence-electron chi connectivity index (χ4n) is 3.52. The van der Waals surface area contributed by atoms with Gasteiger partial charge in [-0.25, -0.2) is 0 Å². The molecule has 1 aliphatic heterocycles. The van der Waals surface area contributed by atoms with Crippen LogP contribution in [0.2, 0.25) is 5.02 Å². The lowest BCUT2D eigenvalue weighted by molar-refractivity contribution is 0.0948. The fraction of sp³-hybridized carbons (Fsp3) is 0.261. The number of carbonyl (C=O) groups is 1. The van der Waals surface area contributed by atoms with Crippen LogP contribution in [-0.4, -0.2) is 37.0 Å². The monoisotopic (exact) mass is 409 g/mol. The van der Waals surface area contributed by atoms with Crippen molar-refractivity contribution >= 4 is 23.2 Å². The summed E-state index contributed by atoms with van der Waals surface area (Å²) in [6.07, 6.45) is 1.60. The molecule has 1 fully saturated rings. The molecule has 2 aromatic carbocycles. The first-order valence-electron chi connectivity index (χ1n) is 9.80. The zero-order chi connectivity index (χ0) is 20.1. The first-order chi connectivity index (χ1) is 14.2. The summed E-state index contributed by atoms with van der Waals surface area (Å²) in [5.41, 5.74) is 3.10. The van der Waals surface area contributed by atoms with Crippen LogP contribution in [0.5, 0.6) is 0 Å². The molecule has 3 aromatic rings. The van der Waals surface area contributed by atoms with Gasteiger partial charge in [0.2, 0.25) is 0 Å². The van der Waals surface area contributed by atoms with Gasteiger partial charge in [-0.05, 0) is 54.1 Å². The maximum atomic E-state index is 12.3. The summed E-state index contributed by atoms with van der Waals surface area (Å²) >= 11 is 5.98. The number of piperazine rings is 1. The minimum absolute atomic E-state index is 0.0930. The molecule has 6 heteroatoms. The summed E-state index contributed by atoms with van der Waals surface area (Å²) in [5.74, 6) is 0.650. The quantitative estimate of drug-likeness (QED) is 0.663. The number of anilines is 1. The zero-order valence-electron chi connectivity index (χ0n) is 16.2. The van der Waals surface area contributed by atoms with E-state index in [9.17, 15) is 4.79 Å². The second-order valence-electron chi connectivity index (χ2n) is 7.20. The minimum Gasteiger partial charge on any atom is -0.467 e. The highest BCUT2D eigenvalue weighted by Gasteiger charge is 2.17. The number of nitrogens with one attached hydrogen (secondary N) is 1. The lowest BCUT2D eigenvalue weighted by Crippen LogP contribution is -2.45. The molecule has 0 saturated carbocycles. The molecule has 1 saturated heterocycles. The van der Waals surface area contributed by atoms with Gasteiger partial charge in [0.15, 0.2) is 0 Å². The normalized spacial score (nSPS) is 14.7. The van der Waals surface area contributed by atoms with E-state index < -0.39 is 0 Å². The molecule has 29 heavy (non-hydrogen) atoms. The molecule has 2 heterocycles. The van der Waals surface area contributed by atoms with Crippen molar-refractivity contribution in [1.29, 1.82) is 0 Å². The second kappa shape index (κ2) is 9.16. The Morgan fingerprint density at radius 3 is 2.34 bits per heavy atom. The molecule has 0 atom stereocenters. The van der Waals surface area contributed by atoms with Crippen molar-refractivity contribution in [1.82, 2.24) is 10.2 Å². The maximum absolute atomic E-state index is 12.3. The molecule has 5 nitrogen and oxygen atoms in total. The standard InChI is InChI=1S/C23H24ClN3O2/c24-20-7-9-21(10-8-20)27-13-11-26(12-14-27)17-18-3-5-19(6-4-18)23(28)25-16-22-2-1-15-29-22/h1-10,15H,11-14,16-17H2,(H,25,28). The topological polar surface area (TPSA) is 48.7 Å². The van der Waals surface area contributed by atoms with Gasteiger partial charge in [0.1, 0.15) is 5.76 Å². The van der Waals surface area contributed by atoms with Crippen LogP contribution in [0.15, 0.2) is 71.3 Å². The van der Waals surface area contributed by atoms with Crippen LogP contribution in [0.3, 0.4) is 0 Å². The number of hydrogen-bond acceptors (Lipinski definition) is 4. The number of halogens is 1. The van der Waals surface area contributed by atoms with Crippen LogP contribution in [0.25, 0.3) is 0 Å². The minimum atomic E-state index is -0.0930. The van der Waals surface area contributed by atoms with E-state index in [0.29, 0.717) is 12.1 Å². The summed E-state index contributed by atoms with van der Waals surface area (Å²) in [7, 11) is 0. The molecule has 0 radical (unpaired) electrons. The average Bonchev–Trinajstić information content (AvgIpc) is 3.27. The van der Waals surface area contributed by atoms with Crippen LogP contribution in [0.4, 0.5) is 5.69 Å². The van der Waals surface area contributed by atoms with E-state index in [1.54, 1.807) is 6.26 Å². The Morgan fingerprint density at radius 2 is 1.69 bits per heavy atom. The highest BCUT2D eigenvalue weighted by molar-refractivity contribution is 6.30. The van der Waals surface area contributed by atoms with Gasteiger partial charge in [-0.2, -0.15) is 0 Å². The van der Waals surface area contributed by atoms with Crippen molar-refractivity contribution in [3.8, 4) is 0 Å². The van der Waals surface area contributed by atoms with Crippen molar-refractivity contribution in [2.75, 3.05) is 31.1 Å². The van der Waals surface area contributed by atoms with Crippen molar-refractivity contribution in [3.05, 3.63) is 88.8 Å². The van der Waals surface area contributed by atoms with Crippen molar-refractivity contribution < 1.29 is 9.21 Å². The Labute approximate surface area is 175 Å². The van der Waals surface area contributed by atoms with Crippen LogP contribution < -0.4 is 10.2 Å². The van der Waals surface area contributed by atoms with Gasteiger partial charge in [0, 0.05) is 49.0 Å². The van der Waals surface area contributed by atoms with E-state index in [1.165, 1.54) is 11.3 Å². The molecule has 0 aliphatic carbocycles. The summed E-state index contributed by atoms with van der Waals surface area (Å²) in [6.45, 7) is 5.29. The van der Waals surface area contributed by atoms with Crippen molar-refractivity contribution in [3.63, 3.8) is 0 Å². The van der Waals surface area contributed by atoms with Crippen LogP contribution in [0.1, 0.15) is 21.7 Å². The third-order valence-electron chi connectivity index (χ3n) is 5.19. The molecule has 150 valence electrons. The van der Waals surface area contributed by atoms with Gasteiger partial charge < -0.3 is 14.6 Å². The van der Waals surface area contributed by atoms with E-state index >= 15 is 0 Å². The number of benzene rings is 2. The molecular weight excluding hydrogens is 386 g/mol. The predicted molar refractivity (Wildman–Crippen MR) is 115 cm³/mol. The Hall–Kier alpha value is -2.76. The fourth-order valence-corrected chi connectivity index (χ4v) is 3.64. The largest absolute Gasteiger partial charge is 0.467 e. The Bertz CT molecular complexity index is 916. The number of rotatable bonds is 6. The van der Waals surface area contributed by atoms with Gasteiger partial charge in [-0.3, -0.25) is 9.69 Å². The molecule has 0 unspecified atom stereocenters. The van der Waals surface area contributed by atoms with E-state index in [-0.39, 0.29) is 5.91 Å². The smallest absolute Gasteiger partial charge is 0.251 e. The van der Waals surface area contributed by atoms with Crippen molar-refractivity contribution in [2.24, 2.45) is 0 Å². The summed E-state index contributed by atoms with van der Waals surface area (Å²) < 4.78 is 5.23. The molecule has 1 aliphatic rings. The number of amides is 1. The Kier molecular flexibility index (Phi) is 6.17. The number of carbonyl (C=O) groups excluding carboxylic acids is 1. The zero-order valence-corrected chi connectivity index (χ0v) is 16.9. The average molecular weight is 410 g/mol. The van der Waals surface area contributed by atoms with Crippen LogP contribution >= 0.6 is 11.6 Å². The Morgan fingerprint density at radius 1 is 0.966 bits per heavy atom. The second-order valence-corrected chi connectivity index (χ2v) is 7.64. The molecule has 1 N–H and O–H groups in total. The van der Waals surface area contributed by atoms with Gasteiger partial charge in [0.25, 0.3) is 5.91 Å². The van der Waals surface area contributed by atoms with E-state index in [1.807, 2.05) is 48.5 Å². The number of hydrogen-bond donors (Lipinski definition) is 1. The van der Waals surface area contributed by atoms with Crippen LogP contribution in [0, 0.1) is 0 Å². The first kappa shape index (κ1) is 19.6. The maximum Gasteiger partial charge on any atom is 0.251 e. The van der Waals surface area contributed by atoms with E-state index in [2.05, 4.69) is 27.2 Å². The van der Waals surface area contributed by atoms with Crippen LogP contribution in [-0.2, 0) is 13.1 Å². The predicted octanol–water partition coefficient (Wildman–Crippen LogP) is 4.19. The van der Waals surface area contributed by atoms with E-state index in [4.69, 9.17) is 16.0 Å².